The Morgan fingerprint density at radius 2 is 2.40 bits per heavy atom. The molecule has 84 valence electrons. The Hall–Kier alpha value is -0.970. The van der Waals surface area contributed by atoms with E-state index in [4.69, 9.17) is 0 Å². The van der Waals surface area contributed by atoms with Crippen molar-refractivity contribution in [2.24, 2.45) is 11.8 Å². The van der Waals surface area contributed by atoms with Crippen molar-refractivity contribution < 1.29 is 8.78 Å². The van der Waals surface area contributed by atoms with Crippen LogP contribution in [0.15, 0.2) is 12.4 Å². The molecule has 1 aliphatic carbocycles. The summed E-state index contributed by atoms with van der Waals surface area (Å²) < 4.78 is 25.7. The van der Waals surface area contributed by atoms with Gasteiger partial charge in [0.2, 0.25) is 0 Å². The highest BCUT2D eigenvalue weighted by Crippen LogP contribution is 2.36. The predicted molar refractivity (Wildman–Crippen MR) is 52.5 cm³/mol. The molecule has 1 heterocycles. The lowest BCUT2D eigenvalue weighted by Gasteiger charge is -2.07. The topological polar surface area (TPSA) is 29.9 Å². The Kier molecular flexibility index (Phi) is 3.00. The number of alkyl halides is 2. The fourth-order valence-electron chi connectivity index (χ4n) is 1.71. The molecule has 1 fully saturated rings. The quantitative estimate of drug-likeness (QED) is 0.814. The van der Waals surface area contributed by atoms with E-state index in [1.165, 1.54) is 18.8 Å². The first-order valence-corrected chi connectivity index (χ1v) is 5.19. The number of halogens is 2. The molecule has 1 saturated carbocycles. The van der Waals surface area contributed by atoms with Crippen LogP contribution in [0.3, 0.4) is 0 Å². The average Bonchev–Trinajstić information content (AvgIpc) is 2.71. The number of rotatable bonds is 5. The van der Waals surface area contributed by atoms with Gasteiger partial charge in [0.15, 0.2) is 0 Å². The second-order valence-electron chi connectivity index (χ2n) is 4.13. The minimum Gasteiger partial charge on any atom is -0.310 e. The molecule has 1 N–H and O–H groups in total. The summed E-state index contributed by atoms with van der Waals surface area (Å²) in [4.78, 5) is 3.89. The van der Waals surface area contributed by atoms with Gasteiger partial charge < -0.3 is 5.32 Å². The zero-order valence-electron chi connectivity index (χ0n) is 8.66. The van der Waals surface area contributed by atoms with Crippen LogP contribution < -0.4 is 5.32 Å². The van der Waals surface area contributed by atoms with Crippen molar-refractivity contribution in [2.45, 2.75) is 26.4 Å². The molecule has 1 aromatic rings. The molecule has 2 rings (SSSR count). The third kappa shape index (κ3) is 2.53. The number of imidazole rings is 1. The first kappa shape index (κ1) is 10.5. The van der Waals surface area contributed by atoms with E-state index in [1.54, 1.807) is 0 Å². The summed E-state index contributed by atoms with van der Waals surface area (Å²) in [6.07, 6.45) is 3.96. The molecule has 2 atom stereocenters. The number of hydrogen-bond donors (Lipinski definition) is 1. The molecule has 2 unspecified atom stereocenters. The zero-order chi connectivity index (χ0) is 10.8. The van der Waals surface area contributed by atoms with Crippen molar-refractivity contribution in [1.29, 1.82) is 0 Å². The predicted octanol–water partition coefficient (Wildman–Crippen LogP) is 2.02. The van der Waals surface area contributed by atoms with E-state index >= 15 is 0 Å². The maximum atomic E-state index is 12.4. The highest BCUT2D eigenvalue weighted by Gasteiger charge is 2.31. The molecule has 0 bridgehead atoms. The molecule has 15 heavy (non-hydrogen) atoms. The maximum Gasteiger partial charge on any atom is 0.319 e. The van der Waals surface area contributed by atoms with Crippen LogP contribution in [0.5, 0.6) is 0 Å². The summed E-state index contributed by atoms with van der Waals surface area (Å²) in [5.74, 6) is 1.91. The van der Waals surface area contributed by atoms with Crippen molar-refractivity contribution in [3.8, 4) is 0 Å². The monoisotopic (exact) mass is 215 g/mol. The molecule has 5 heteroatoms. The van der Waals surface area contributed by atoms with Crippen molar-refractivity contribution in [3.05, 3.63) is 18.2 Å². The normalized spacial score (nSPS) is 24.8. The van der Waals surface area contributed by atoms with Gasteiger partial charge in [-0.3, -0.25) is 4.57 Å². The van der Waals surface area contributed by atoms with E-state index < -0.39 is 6.55 Å². The van der Waals surface area contributed by atoms with Crippen LogP contribution in [0, 0.1) is 11.8 Å². The smallest absolute Gasteiger partial charge is 0.310 e. The zero-order valence-corrected chi connectivity index (χ0v) is 8.66. The minimum atomic E-state index is -2.50. The van der Waals surface area contributed by atoms with Gasteiger partial charge in [0.25, 0.3) is 0 Å². The SMILES string of the molecule is CC1CC1CNCc1nccn1C(F)F. The second kappa shape index (κ2) is 4.26. The molecular weight excluding hydrogens is 200 g/mol. The average molecular weight is 215 g/mol. The molecule has 0 saturated heterocycles. The summed E-state index contributed by atoms with van der Waals surface area (Å²) in [6.45, 7) is 1.02. The second-order valence-corrected chi connectivity index (χ2v) is 4.13. The lowest BCUT2D eigenvalue weighted by Crippen LogP contribution is -2.20. The van der Waals surface area contributed by atoms with Crippen molar-refractivity contribution in [1.82, 2.24) is 14.9 Å². The summed E-state index contributed by atoms with van der Waals surface area (Å²) >= 11 is 0. The number of nitrogens with zero attached hydrogens (tertiary/aromatic N) is 2. The highest BCUT2D eigenvalue weighted by molar-refractivity contribution is 4.93. The molecule has 0 spiro atoms. The molecule has 1 aliphatic rings. The summed E-state index contributed by atoms with van der Waals surface area (Å²) in [5, 5.41) is 3.16. The third-order valence-electron chi connectivity index (χ3n) is 2.92. The number of nitrogens with one attached hydrogen (secondary N) is 1. The van der Waals surface area contributed by atoms with Gasteiger partial charge >= 0.3 is 6.55 Å². The molecule has 0 aliphatic heterocycles. The van der Waals surface area contributed by atoms with Gasteiger partial charge in [-0.1, -0.05) is 6.92 Å². The van der Waals surface area contributed by atoms with Gasteiger partial charge in [0, 0.05) is 12.4 Å². The van der Waals surface area contributed by atoms with Gasteiger partial charge in [-0.2, -0.15) is 8.78 Å². The molecule has 1 aromatic heterocycles. The van der Waals surface area contributed by atoms with Gasteiger partial charge in [0.05, 0.1) is 6.54 Å². The Morgan fingerprint density at radius 3 is 3.00 bits per heavy atom. The van der Waals surface area contributed by atoms with Crippen LogP contribution in [-0.2, 0) is 6.54 Å². The minimum absolute atomic E-state index is 0.401. The van der Waals surface area contributed by atoms with Crippen LogP contribution in [0.2, 0.25) is 0 Å². The first-order valence-electron chi connectivity index (χ1n) is 5.19. The Bertz CT molecular complexity index is 324. The number of aromatic nitrogens is 2. The fraction of sp³-hybridized carbons (Fsp3) is 0.700. The van der Waals surface area contributed by atoms with Gasteiger partial charge in [-0.15, -0.1) is 0 Å². The van der Waals surface area contributed by atoms with Crippen molar-refractivity contribution in [3.63, 3.8) is 0 Å². The molecule has 3 nitrogen and oxygen atoms in total. The van der Waals surface area contributed by atoms with Crippen LogP contribution in [-0.4, -0.2) is 16.1 Å². The Balaban J connectivity index is 1.79. The molecule has 0 amide bonds. The van der Waals surface area contributed by atoms with E-state index in [-0.39, 0.29) is 0 Å². The summed E-state index contributed by atoms with van der Waals surface area (Å²) in [5.41, 5.74) is 0. The Labute approximate surface area is 87.5 Å². The fourth-order valence-corrected chi connectivity index (χ4v) is 1.71. The largest absolute Gasteiger partial charge is 0.319 e. The van der Waals surface area contributed by atoms with Gasteiger partial charge in [-0.05, 0) is 24.8 Å². The number of hydrogen-bond acceptors (Lipinski definition) is 2. The van der Waals surface area contributed by atoms with Crippen LogP contribution in [0.4, 0.5) is 8.78 Å². The van der Waals surface area contributed by atoms with Crippen molar-refractivity contribution >= 4 is 0 Å². The first-order chi connectivity index (χ1) is 7.18. The van der Waals surface area contributed by atoms with Gasteiger partial charge in [-0.25, -0.2) is 4.98 Å². The lowest BCUT2D eigenvalue weighted by atomic mass is 10.3. The van der Waals surface area contributed by atoms with Crippen LogP contribution in [0.25, 0.3) is 0 Å². The Morgan fingerprint density at radius 1 is 1.67 bits per heavy atom. The third-order valence-corrected chi connectivity index (χ3v) is 2.92. The summed E-state index contributed by atoms with van der Waals surface area (Å²) in [6, 6.07) is 0. The standard InChI is InChI=1S/C10H15F2N3/c1-7-4-8(7)5-13-6-9-14-2-3-15(9)10(11)12/h2-3,7-8,10,13H,4-6H2,1H3. The van der Waals surface area contributed by atoms with E-state index in [0.717, 1.165) is 22.9 Å². The van der Waals surface area contributed by atoms with E-state index in [2.05, 4.69) is 17.2 Å². The molecule has 0 aromatic carbocycles. The highest BCUT2D eigenvalue weighted by atomic mass is 19.3. The lowest BCUT2D eigenvalue weighted by molar-refractivity contribution is 0.0666. The van der Waals surface area contributed by atoms with Gasteiger partial charge in [0.1, 0.15) is 5.82 Å². The van der Waals surface area contributed by atoms with E-state index in [9.17, 15) is 8.78 Å². The van der Waals surface area contributed by atoms with Crippen molar-refractivity contribution in [2.75, 3.05) is 6.54 Å². The molecule has 0 radical (unpaired) electrons. The van der Waals surface area contributed by atoms with E-state index in [1.807, 2.05) is 0 Å². The van der Waals surface area contributed by atoms with E-state index in [0.29, 0.717) is 12.4 Å². The summed E-state index contributed by atoms with van der Waals surface area (Å²) in [7, 11) is 0. The maximum absolute atomic E-state index is 12.4. The molecular formula is C10H15F2N3. The van der Waals surface area contributed by atoms with Crippen LogP contribution >= 0.6 is 0 Å². The van der Waals surface area contributed by atoms with Crippen LogP contribution in [0.1, 0.15) is 25.7 Å².